The van der Waals surface area contributed by atoms with Gasteiger partial charge in [0.15, 0.2) is 5.82 Å². The molecule has 0 fully saturated rings. The van der Waals surface area contributed by atoms with Crippen LogP contribution < -0.4 is 5.32 Å². The van der Waals surface area contributed by atoms with E-state index in [2.05, 4.69) is 15.3 Å². The average Bonchev–Trinajstić information content (AvgIpc) is 2.88. The molecule has 0 atom stereocenters. The van der Waals surface area contributed by atoms with Crippen LogP contribution in [0.5, 0.6) is 0 Å². The second-order valence-corrected chi connectivity index (χ2v) is 6.02. The normalized spacial score (nSPS) is 13.4. The third kappa shape index (κ3) is 2.40. The maximum atomic E-state index is 6.21. The molecule has 0 saturated carbocycles. The molecule has 1 aromatic carbocycles. The highest BCUT2D eigenvalue weighted by Crippen LogP contribution is 2.36. The number of hydrogen-bond donors (Lipinski definition) is 1. The Labute approximate surface area is 125 Å². The van der Waals surface area contributed by atoms with E-state index in [1.165, 1.54) is 5.56 Å². The fourth-order valence-corrected chi connectivity index (χ4v) is 3.46. The van der Waals surface area contributed by atoms with Crippen LogP contribution in [-0.4, -0.2) is 17.0 Å². The van der Waals surface area contributed by atoms with E-state index in [0.717, 1.165) is 28.6 Å². The lowest BCUT2D eigenvalue weighted by Gasteiger charge is -2.10. The summed E-state index contributed by atoms with van der Waals surface area (Å²) < 4.78 is 0. The van der Waals surface area contributed by atoms with Crippen LogP contribution in [0.2, 0.25) is 10.0 Å². The first-order valence-electron chi connectivity index (χ1n) is 5.79. The van der Waals surface area contributed by atoms with E-state index in [-0.39, 0.29) is 0 Å². The van der Waals surface area contributed by atoms with Crippen LogP contribution in [0.3, 0.4) is 0 Å². The minimum Gasteiger partial charge on any atom is -0.373 e. The summed E-state index contributed by atoms with van der Waals surface area (Å²) in [6, 6.07) is 5.33. The SMILES string of the molecule is CNc1nc(-c2cc(Cl)ccc2Cl)nc2c1CSC2. The molecule has 3 rings (SSSR count). The molecule has 1 N–H and O–H groups in total. The summed E-state index contributed by atoms with van der Waals surface area (Å²) in [5.74, 6) is 3.37. The Hall–Kier alpha value is -0.970. The molecule has 0 radical (unpaired) electrons. The number of nitrogens with zero attached hydrogens (tertiary/aromatic N) is 2. The van der Waals surface area contributed by atoms with Gasteiger partial charge in [-0.2, -0.15) is 11.8 Å². The summed E-state index contributed by atoms with van der Waals surface area (Å²) in [6.07, 6.45) is 0. The van der Waals surface area contributed by atoms with Gasteiger partial charge < -0.3 is 5.32 Å². The zero-order chi connectivity index (χ0) is 13.4. The van der Waals surface area contributed by atoms with Crippen molar-refractivity contribution in [1.29, 1.82) is 0 Å². The fourth-order valence-electron chi connectivity index (χ4n) is 2.05. The van der Waals surface area contributed by atoms with Crippen molar-refractivity contribution in [3.63, 3.8) is 0 Å². The van der Waals surface area contributed by atoms with E-state index >= 15 is 0 Å². The molecule has 2 heterocycles. The zero-order valence-electron chi connectivity index (χ0n) is 10.2. The fraction of sp³-hybridized carbons (Fsp3) is 0.231. The lowest BCUT2D eigenvalue weighted by molar-refractivity contribution is 1.07. The summed E-state index contributed by atoms with van der Waals surface area (Å²) in [7, 11) is 1.87. The van der Waals surface area contributed by atoms with E-state index in [1.807, 2.05) is 18.8 Å². The molecule has 0 unspecified atom stereocenters. The van der Waals surface area contributed by atoms with E-state index in [0.29, 0.717) is 15.9 Å². The van der Waals surface area contributed by atoms with Gasteiger partial charge >= 0.3 is 0 Å². The number of fused-ring (bicyclic) bond motifs is 1. The van der Waals surface area contributed by atoms with Crippen molar-refractivity contribution in [2.24, 2.45) is 0 Å². The van der Waals surface area contributed by atoms with Crippen LogP contribution in [0.25, 0.3) is 11.4 Å². The first kappa shape index (κ1) is 13.0. The molecule has 0 spiro atoms. The largest absolute Gasteiger partial charge is 0.373 e. The Bertz CT molecular complexity index is 646. The molecule has 0 saturated heterocycles. The Kier molecular flexibility index (Phi) is 3.56. The van der Waals surface area contributed by atoms with Gasteiger partial charge in [0.25, 0.3) is 0 Å². The van der Waals surface area contributed by atoms with Gasteiger partial charge in [0.05, 0.1) is 10.7 Å². The van der Waals surface area contributed by atoms with Crippen molar-refractivity contribution >= 4 is 40.8 Å². The number of rotatable bonds is 2. The van der Waals surface area contributed by atoms with Crippen LogP contribution in [0.15, 0.2) is 18.2 Å². The van der Waals surface area contributed by atoms with Crippen molar-refractivity contribution in [1.82, 2.24) is 9.97 Å². The maximum absolute atomic E-state index is 6.21. The van der Waals surface area contributed by atoms with Crippen molar-refractivity contribution in [3.05, 3.63) is 39.5 Å². The minimum absolute atomic E-state index is 0.608. The summed E-state index contributed by atoms with van der Waals surface area (Å²) in [6.45, 7) is 0. The highest BCUT2D eigenvalue weighted by atomic mass is 35.5. The van der Waals surface area contributed by atoms with E-state index in [1.54, 1.807) is 18.2 Å². The van der Waals surface area contributed by atoms with Gasteiger partial charge in [-0.05, 0) is 18.2 Å². The quantitative estimate of drug-likeness (QED) is 0.900. The number of benzene rings is 1. The van der Waals surface area contributed by atoms with Crippen LogP contribution >= 0.6 is 35.0 Å². The number of nitrogens with one attached hydrogen (secondary N) is 1. The highest BCUT2D eigenvalue weighted by molar-refractivity contribution is 7.98. The number of thioether (sulfide) groups is 1. The molecule has 0 bridgehead atoms. The van der Waals surface area contributed by atoms with Crippen LogP contribution in [0, 0.1) is 0 Å². The number of halogens is 2. The van der Waals surface area contributed by atoms with Crippen molar-refractivity contribution in [3.8, 4) is 11.4 Å². The molecule has 19 heavy (non-hydrogen) atoms. The van der Waals surface area contributed by atoms with Crippen molar-refractivity contribution in [2.45, 2.75) is 11.5 Å². The Morgan fingerprint density at radius 1 is 1.21 bits per heavy atom. The molecule has 1 aliphatic heterocycles. The lowest BCUT2D eigenvalue weighted by atomic mass is 10.2. The monoisotopic (exact) mass is 311 g/mol. The third-order valence-electron chi connectivity index (χ3n) is 2.98. The molecule has 1 aliphatic rings. The molecule has 6 heteroatoms. The average molecular weight is 312 g/mol. The minimum atomic E-state index is 0.608. The van der Waals surface area contributed by atoms with Gasteiger partial charge in [-0.25, -0.2) is 9.97 Å². The summed E-state index contributed by atoms with van der Waals surface area (Å²) in [5.41, 5.74) is 3.04. The smallest absolute Gasteiger partial charge is 0.163 e. The van der Waals surface area contributed by atoms with Crippen LogP contribution in [0.4, 0.5) is 5.82 Å². The van der Waals surface area contributed by atoms with E-state index < -0.39 is 0 Å². The molecule has 98 valence electrons. The van der Waals surface area contributed by atoms with Gasteiger partial charge in [-0.3, -0.25) is 0 Å². The van der Waals surface area contributed by atoms with Gasteiger partial charge in [-0.1, -0.05) is 23.2 Å². The number of hydrogen-bond acceptors (Lipinski definition) is 4. The molecule has 0 aliphatic carbocycles. The predicted molar refractivity (Wildman–Crippen MR) is 82.0 cm³/mol. The van der Waals surface area contributed by atoms with E-state index in [9.17, 15) is 0 Å². The second-order valence-electron chi connectivity index (χ2n) is 4.19. The predicted octanol–water partition coefficient (Wildman–Crippen LogP) is 4.24. The molecular formula is C13H11Cl2N3S. The Balaban J connectivity index is 2.18. The Morgan fingerprint density at radius 3 is 2.84 bits per heavy atom. The van der Waals surface area contributed by atoms with E-state index in [4.69, 9.17) is 23.2 Å². The van der Waals surface area contributed by atoms with Crippen LogP contribution in [-0.2, 0) is 11.5 Å². The highest BCUT2D eigenvalue weighted by Gasteiger charge is 2.20. The van der Waals surface area contributed by atoms with Gasteiger partial charge in [0.1, 0.15) is 5.82 Å². The third-order valence-corrected chi connectivity index (χ3v) is 4.52. The molecule has 3 nitrogen and oxygen atoms in total. The topological polar surface area (TPSA) is 37.8 Å². The maximum Gasteiger partial charge on any atom is 0.163 e. The van der Waals surface area contributed by atoms with Gasteiger partial charge in [0, 0.05) is 34.7 Å². The zero-order valence-corrected chi connectivity index (χ0v) is 12.5. The van der Waals surface area contributed by atoms with Crippen molar-refractivity contribution in [2.75, 3.05) is 12.4 Å². The molecule has 2 aromatic rings. The summed E-state index contributed by atoms with van der Waals surface area (Å²) in [4.78, 5) is 9.18. The molecular weight excluding hydrogens is 301 g/mol. The first-order valence-corrected chi connectivity index (χ1v) is 7.71. The van der Waals surface area contributed by atoms with Crippen LogP contribution in [0.1, 0.15) is 11.3 Å². The summed E-state index contributed by atoms with van der Waals surface area (Å²) in [5, 5.41) is 4.37. The van der Waals surface area contributed by atoms with Crippen molar-refractivity contribution < 1.29 is 0 Å². The lowest BCUT2D eigenvalue weighted by Crippen LogP contribution is -2.03. The second kappa shape index (κ2) is 5.19. The molecule has 1 aromatic heterocycles. The first-order chi connectivity index (χ1) is 9.19. The molecule has 0 amide bonds. The Morgan fingerprint density at radius 2 is 2.05 bits per heavy atom. The van der Waals surface area contributed by atoms with Gasteiger partial charge in [0.2, 0.25) is 0 Å². The summed E-state index contributed by atoms with van der Waals surface area (Å²) >= 11 is 14.1. The number of anilines is 1. The number of aromatic nitrogens is 2. The standard InChI is InChI=1S/C13H11Cl2N3S/c1-16-12-9-5-19-6-11(9)17-13(18-12)8-4-7(14)2-3-10(8)15/h2-4H,5-6H2,1H3,(H,16,17,18). The van der Waals surface area contributed by atoms with Gasteiger partial charge in [-0.15, -0.1) is 0 Å².